The Morgan fingerprint density at radius 2 is 1.70 bits per heavy atom. The van der Waals surface area contributed by atoms with Gasteiger partial charge in [0.2, 0.25) is 6.79 Å². The van der Waals surface area contributed by atoms with Crippen molar-refractivity contribution < 1.29 is 27.4 Å². The van der Waals surface area contributed by atoms with E-state index in [0.717, 1.165) is 50.8 Å². The molecule has 236 valence electrons. The highest BCUT2D eigenvalue weighted by atomic mass is 19.4. The van der Waals surface area contributed by atoms with E-state index in [-0.39, 0.29) is 18.2 Å². The van der Waals surface area contributed by atoms with E-state index in [9.17, 15) is 18.0 Å². The van der Waals surface area contributed by atoms with Gasteiger partial charge in [0.1, 0.15) is 12.4 Å². The van der Waals surface area contributed by atoms with Gasteiger partial charge in [-0.3, -0.25) is 4.79 Å². The first-order valence-electron chi connectivity index (χ1n) is 14.7. The molecule has 0 atom stereocenters. The van der Waals surface area contributed by atoms with Gasteiger partial charge in [0.25, 0.3) is 5.56 Å². The van der Waals surface area contributed by atoms with E-state index in [2.05, 4.69) is 10.1 Å². The number of aromatic nitrogens is 3. The van der Waals surface area contributed by atoms with Crippen molar-refractivity contribution in [2.75, 3.05) is 6.79 Å². The molecule has 7 rings (SSSR count). The van der Waals surface area contributed by atoms with Crippen LogP contribution in [0.25, 0.3) is 28.0 Å². The second-order valence-electron chi connectivity index (χ2n) is 11.0. The lowest BCUT2D eigenvalue weighted by Gasteiger charge is -2.12. The highest BCUT2D eigenvalue weighted by Gasteiger charge is 2.31. The molecule has 2 aromatic heterocycles. The second kappa shape index (κ2) is 11.8. The minimum Gasteiger partial charge on any atom is -0.489 e. The first kappa shape index (κ1) is 29.8. The lowest BCUT2D eigenvalue weighted by molar-refractivity contribution is -0.137. The number of rotatable bonds is 7. The fraction of sp³-hybridized carbons (Fsp3) is 0.139. The fourth-order valence-electron chi connectivity index (χ4n) is 5.58. The SMILES string of the molecule is Cc1cc(C=Nn2c(-c3cccc(C(F)(F)F)c3)nc3ccccc3c2=O)c(C)n1-c1ccc(OCc2ccc3c(c2)OCO3)cc1. The highest BCUT2D eigenvalue weighted by Crippen LogP contribution is 2.34. The lowest BCUT2D eigenvalue weighted by atomic mass is 10.1. The third-order valence-electron chi connectivity index (χ3n) is 7.92. The summed E-state index contributed by atoms with van der Waals surface area (Å²) in [4.78, 5) is 18.1. The Bertz CT molecular complexity index is 2220. The molecule has 0 N–H and O–H groups in total. The van der Waals surface area contributed by atoms with Gasteiger partial charge in [0, 0.05) is 28.2 Å². The molecule has 0 unspecified atom stereocenters. The van der Waals surface area contributed by atoms with Crippen molar-refractivity contribution in [3.63, 3.8) is 0 Å². The fourth-order valence-corrected chi connectivity index (χ4v) is 5.58. The van der Waals surface area contributed by atoms with Crippen LogP contribution >= 0.6 is 0 Å². The largest absolute Gasteiger partial charge is 0.489 e. The van der Waals surface area contributed by atoms with E-state index in [4.69, 9.17) is 14.2 Å². The van der Waals surface area contributed by atoms with Gasteiger partial charge < -0.3 is 18.8 Å². The molecule has 0 amide bonds. The first-order chi connectivity index (χ1) is 22.7. The summed E-state index contributed by atoms with van der Waals surface area (Å²) < 4.78 is 60.5. The zero-order valence-corrected chi connectivity index (χ0v) is 25.3. The van der Waals surface area contributed by atoms with E-state index in [0.29, 0.717) is 29.0 Å². The Kier molecular flexibility index (Phi) is 7.51. The monoisotopic (exact) mass is 636 g/mol. The molecule has 3 heterocycles. The van der Waals surface area contributed by atoms with Crippen molar-refractivity contribution in [2.24, 2.45) is 5.10 Å². The number of benzene rings is 4. The van der Waals surface area contributed by atoms with Crippen LogP contribution in [-0.2, 0) is 12.8 Å². The number of aryl methyl sites for hydroxylation is 1. The number of para-hydroxylation sites is 1. The number of hydrogen-bond acceptors (Lipinski definition) is 6. The molecule has 0 aliphatic carbocycles. The van der Waals surface area contributed by atoms with Gasteiger partial charge in [-0.1, -0.05) is 30.3 Å². The van der Waals surface area contributed by atoms with Crippen molar-refractivity contribution in [2.45, 2.75) is 26.6 Å². The maximum absolute atomic E-state index is 13.6. The molecule has 0 saturated heterocycles. The second-order valence-corrected chi connectivity index (χ2v) is 11.0. The summed E-state index contributed by atoms with van der Waals surface area (Å²) in [6, 6.07) is 26.7. The molecule has 4 aromatic carbocycles. The zero-order chi connectivity index (χ0) is 32.7. The quantitative estimate of drug-likeness (QED) is 0.168. The van der Waals surface area contributed by atoms with Gasteiger partial charge >= 0.3 is 6.18 Å². The highest BCUT2D eigenvalue weighted by molar-refractivity contribution is 5.83. The molecule has 1 aliphatic rings. The van der Waals surface area contributed by atoms with Crippen LogP contribution in [0.5, 0.6) is 17.2 Å². The Morgan fingerprint density at radius 3 is 2.51 bits per heavy atom. The average molecular weight is 637 g/mol. The van der Waals surface area contributed by atoms with Gasteiger partial charge in [-0.25, -0.2) is 4.98 Å². The Hall–Kier alpha value is -5.84. The summed E-state index contributed by atoms with van der Waals surface area (Å²) >= 11 is 0. The van der Waals surface area contributed by atoms with E-state index >= 15 is 0 Å². The minimum absolute atomic E-state index is 0.00111. The molecule has 47 heavy (non-hydrogen) atoms. The van der Waals surface area contributed by atoms with Crippen molar-refractivity contribution in [3.8, 4) is 34.3 Å². The predicted molar refractivity (Wildman–Crippen MR) is 172 cm³/mol. The molecule has 6 aromatic rings. The van der Waals surface area contributed by atoms with Crippen LogP contribution in [0.2, 0.25) is 0 Å². The van der Waals surface area contributed by atoms with Gasteiger partial charge in [0.15, 0.2) is 17.3 Å². The number of halogens is 3. The van der Waals surface area contributed by atoms with Crippen LogP contribution in [-0.4, -0.2) is 27.2 Å². The average Bonchev–Trinajstić information content (AvgIpc) is 3.66. The lowest BCUT2D eigenvalue weighted by Crippen LogP contribution is -2.20. The van der Waals surface area contributed by atoms with Crippen LogP contribution in [0.3, 0.4) is 0 Å². The summed E-state index contributed by atoms with van der Waals surface area (Å²) in [7, 11) is 0. The Morgan fingerprint density at radius 1 is 0.915 bits per heavy atom. The summed E-state index contributed by atoms with van der Waals surface area (Å²) in [6.45, 7) is 4.45. The van der Waals surface area contributed by atoms with Crippen LogP contribution in [0, 0.1) is 13.8 Å². The van der Waals surface area contributed by atoms with Gasteiger partial charge in [-0.15, -0.1) is 0 Å². The number of ether oxygens (including phenoxy) is 3. The first-order valence-corrected chi connectivity index (χ1v) is 14.7. The summed E-state index contributed by atoms with van der Waals surface area (Å²) in [5.74, 6) is 2.12. The van der Waals surface area contributed by atoms with Crippen LogP contribution in [0.15, 0.2) is 107 Å². The predicted octanol–water partition coefficient (Wildman–Crippen LogP) is 7.68. The molecule has 0 fully saturated rings. The standard InChI is InChI=1S/C36H27F3N4O4/c1-22-16-26(23(2)42(22)28-11-13-29(14-12-28)45-20-24-10-15-32-33(17-24)47-21-46-32)19-40-43-34(25-6-5-7-27(18-25)36(37,38)39)41-31-9-4-3-8-30(31)35(43)44/h3-19H,20-21H2,1-2H3. The summed E-state index contributed by atoms with van der Waals surface area (Å²) in [5, 5.41) is 4.78. The van der Waals surface area contributed by atoms with Crippen molar-refractivity contribution in [1.82, 2.24) is 14.2 Å². The van der Waals surface area contributed by atoms with E-state index in [1.54, 1.807) is 24.3 Å². The Balaban J connectivity index is 1.18. The molecular weight excluding hydrogens is 609 g/mol. The maximum atomic E-state index is 13.6. The third-order valence-corrected chi connectivity index (χ3v) is 7.92. The molecule has 0 saturated carbocycles. The Labute approximate surface area is 266 Å². The molecule has 8 nitrogen and oxygen atoms in total. The van der Waals surface area contributed by atoms with E-state index in [1.165, 1.54) is 18.3 Å². The van der Waals surface area contributed by atoms with Gasteiger partial charge in [-0.05, 0) is 86.1 Å². The molecule has 0 spiro atoms. The van der Waals surface area contributed by atoms with Crippen molar-refractivity contribution in [1.29, 1.82) is 0 Å². The molecular formula is C36H27F3N4O4. The van der Waals surface area contributed by atoms with Gasteiger partial charge in [0.05, 0.1) is 22.7 Å². The number of nitrogens with zero attached hydrogens (tertiary/aromatic N) is 4. The normalized spacial score (nSPS) is 12.7. The number of hydrogen-bond donors (Lipinski definition) is 0. The van der Waals surface area contributed by atoms with Crippen molar-refractivity contribution in [3.05, 3.63) is 135 Å². The van der Waals surface area contributed by atoms with E-state index in [1.807, 2.05) is 66.9 Å². The zero-order valence-electron chi connectivity index (χ0n) is 25.3. The molecule has 0 bridgehead atoms. The topological polar surface area (TPSA) is 79.9 Å². The maximum Gasteiger partial charge on any atom is 0.416 e. The third kappa shape index (κ3) is 5.83. The molecule has 0 radical (unpaired) electrons. The number of alkyl halides is 3. The summed E-state index contributed by atoms with van der Waals surface area (Å²) in [5.41, 5.74) is 3.47. The van der Waals surface area contributed by atoms with Crippen molar-refractivity contribution >= 4 is 17.1 Å². The summed E-state index contributed by atoms with van der Waals surface area (Å²) in [6.07, 6.45) is -3.03. The van der Waals surface area contributed by atoms with Crippen LogP contribution in [0.1, 0.15) is 28.1 Å². The van der Waals surface area contributed by atoms with Crippen LogP contribution in [0.4, 0.5) is 13.2 Å². The van der Waals surface area contributed by atoms with Crippen LogP contribution < -0.4 is 19.8 Å². The minimum atomic E-state index is -4.56. The number of fused-ring (bicyclic) bond motifs is 2. The molecule has 1 aliphatic heterocycles. The van der Waals surface area contributed by atoms with Gasteiger partial charge in [-0.2, -0.15) is 22.9 Å². The van der Waals surface area contributed by atoms with E-state index < -0.39 is 17.3 Å². The smallest absolute Gasteiger partial charge is 0.416 e. The molecule has 11 heteroatoms.